The van der Waals surface area contributed by atoms with E-state index in [1.807, 2.05) is 25.7 Å². The predicted molar refractivity (Wildman–Crippen MR) is 110 cm³/mol. The molecule has 2 aliphatic rings. The SMILES string of the molecule is CC(C)(C)OC(=O)N1CC(c2ccccc2)C(N2CCCCC2)CC1(C)C. The van der Waals surface area contributed by atoms with Gasteiger partial charge in [0.2, 0.25) is 0 Å². The first-order chi connectivity index (χ1) is 12.7. The lowest BCUT2D eigenvalue weighted by molar-refractivity contribution is -0.0317. The van der Waals surface area contributed by atoms with Crippen LogP contribution in [0.25, 0.3) is 0 Å². The highest BCUT2D eigenvalue weighted by atomic mass is 16.6. The van der Waals surface area contributed by atoms with Crippen molar-refractivity contribution in [1.29, 1.82) is 0 Å². The first-order valence-corrected chi connectivity index (χ1v) is 10.5. The first kappa shape index (κ1) is 20.2. The Hall–Kier alpha value is -1.55. The van der Waals surface area contributed by atoms with Crippen LogP contribution in [0.2, 0.25) is 0 Å². The molecule has 4 nitrogen and oxygen atoms in total. The normalized spacial score (nSPS) is 26.6. The average molecular weight is 373 g/mol. The van der Waals surface area contributed by atoms with Gasteiger partial charge in [-0.05, 0) is 72.5 Å². The van der Waals surface area contributed by atoms with Crippen LogP contribution in [0.4, 0.5) is 4.79 Å². The number of likely N-dealkylation sites (tertiary alicyclic amines) is 2. The number of nitrogens with zero attached hydrogens (tertiary/aromatic N) is 2. The van der Waals surface area contributed by atoms with Crippen molar-refractivity contribution in [3.05, 3.63) is 35.9 Å². The minimum atomic E-state index is -0.473. The van der Waals surface area contributed by atoms with Crippen LogP contribution < -0.4 is 0 Å². The minimum absolute atomic E-state index is 0.189. The quantitative estimate of drug-likeness (QED) is 0.729. The zero-order valence-electron chi connectivity index (χ0n) is 17.7. The maximum absolute atomic E-state index is 13.0. The molecule has 0 radical (unpaired) electrons. The Balaban J connectivity index is 1.89. The van der Waals surface area contributed by atoms with Gasteiger partial charge in [-0.2, -0.15) is 0 Å². The summed E-state index contributed by atoms with van der Waals surface area (Å²) in [6, 6.07) is 11.2. The van der Waals surface area contributed by atoms with Gasteiger partial charge in [0.1, 0.15) is 5.60 Å². The van der Waals surface area contributed by atoms with Crippen LogP contribution >= 0.6 is 0 Å². The van der Waals surface area contributed by atoms with Gasteiger partial charge in [-0.1, -0.05) is 36.8 Å². The smallest absolute Gasteiger partial charge is 0.410 e. The lowest BCUT2D eigenvalue weighted by Crippen LogP contribution is -2.61. The van der Waals surface area contributed by atoms with E-state index in [2.05, 4.69) is 49.1 Å². The molecule has 1 aromatic carbocycles. The second-order valence-electron chi connectivity index (χ2n) is 9.79. The standard InChI is InChI=1S/C23H36N2O2/c1-22(2,3)27-21(26)25-17-19(18-12-8-6-9-13-18)20(16-23(25,4)5)24-14-10-7-11-15-24/h6,8-9,12-13,19-20H,7,10-11,14-17H2,1-5H3. The van der Waals surface area contributed by atoms with Gasteiger partial charge in [0, 0.05) is 24.0 Å². The summed E-state index contributed by atoms with van der Waals surface area (Å²) < 4.78 is 5.75. The molecule has 0 bridgehead atoms. The zero-order chi connectivity index (χ0) is 19.7. The summed E-state index contributed by atoms with van der Waals surface area (Å²) in [5.74, 6) is 0.324. The van der Waals surface area contributed by atoms with Gasteiger partial charge >= 0.3 is 6.09 Å². The first-order valence-electron chi connectivity index (χ1n) is 10.5. The molecule has 27 heavy (non-hydrogen) atoms. The molecule has 0 N–H and O–H groups in total. The number of hydrogen-bond donors (Lipinski definition) is 0. The van der Waals surface area contributed by atoms with Crippen LogP contribution in [-0.4, -0.2) is 52.7 Å². The molecule has 2 saturated heterocycles. The Morgan fingerprint density at radius 3 is 2.30 bits per heavy atom. The molecule has 0 aliphatic carbocycles. The Bertz CT molecular complexity index is 630. The number of amides is 1. The molecule has 1 amide bonds. The van der Waals surface area contributed by atoms with Gasteiger partial charge in [-0.3, -0.25) is 4.90 Å². The van der Waals surface area contributed by atoms with E-state index in [-0.39, 0.29) is 11.6 Å². The highest BCUT2D eigenvalue weighted by Gasteiger charge is 2.46. The van der Waals surface area contributed by atoms with Crippen molar-refractivity contribution in [3.63, 3.8) is 0 Å². The van der Waals surface area contributed by atoms with E-state index in [1.54, 1.807) is 0 Å². The molecule has 0 spiro atoms. The molecular formula is C23H36N2O2. The predicted octanol–water partition coefficient (Wildman–Crippen LogP) is 5.04. The topological polar surface area (TPSA) is 32.8 Å². The van der Waals surface area contributed by atoms with Gasteiger partial charge in [-0.25, -0.2) is 4.79 Å². The van der Waals surface area contributed by atoms with Crippen molar-refractivity contribution < 1.29 is 9.53 Å². The number of carbonyl (C=O) groups is 1. The summed E-state index contributed by atoms with van der Waals surface area (Å²) >= 11 is 0. The highest BCUT2D eigenvalue weighted by Crippen LogP contribution is 2.40. The summed E-state index contributed by atoms with van der Waals surface area (Å²) in [7, 11) is 0. The molecule has 2 heterocycles. The Morgan fingerprint density at radius 1 is 1.07 bits per heavy atom. The Morgan fingerprint density at radius 2 is 1.70 bits per heavy atom. The van der Waals surface area contributed by atoms with Crippen LogP contribution in [0.1, 0.15) is 71.8 Å². The number of piperidine rings is 2. The molecule has 3 rings (SSSR count). The number of carbonyl (C=O) groups excluding carboxylic acids is 1. The molecule has 150 valence electrons. The van der Waals surface area contributed by atoms with Crippen LogP contribution in [0.15, 0.2) is 30.3 Å². The van der Waals surface area contributed by atoms with E-state index < -0.39 is 5.60 Å². The van der Waals surface area contributed by atoms with Crippen LogP contribution in [0, 0.1) is 0 Å². The third kappa shape index (κ3) is 4.84. The van der Waals surface area contributed by atoms with Gasteiger partial charge in [0.25, 0.3) is 0 Å². The van der Waals surface area contributed by atoms with Crippen LogP contribution in [-0.2, 0) is 4.74 Å². The number of rotatable bonds is 2. The molecule has 2 fully saturated rings. The zero-order valence-corrected chi connectivity index (χ0v) is 17.7. The fourth-order valence-electron chi connectivity index (χ4n) is 4.63. The fourth-order valence-corrected chi connectivity index (χ4v) is 4.63. The van der Waals surface area contributed by atoms with Crippen molar-refractivity contribution in [2.24, 2.45) is 0 Å². The van der Waals surface area contributed by atoms with Crippen molar-refractivity contribution in [2.75, 3.05) is 19.6 Å². The maximum Gasteiger partial charge on any atom is 0.410 e. The van der Waals surface area contributed by atoms with Crippen molar-refractivity contribution >= 4 is 6.09 Å². The third-order valence-electron chi connectivity index (χ3n) is 5.98. The summed E-state index contributed by atoms with van der Waals surface area (Å²) in [5, 5.41) is 0. The van der Waals surface area contributed by atoms with Gasteiger partial charge in [0.05, 0.1) is 0 Å². The Labute approximate surface area is 164 Å². The lowest BCUT2D eigenvalue weighted by Gasteiger charge is -2.52. The summed E-state index contributed by atoms with van der Waals surface area (Å²) in [6.07, 6.45) is 4.70. The van der Waals surface area contributed by atoms with Gasteiger partial charge in [0.15, 0.2) is 0 Å². The van der Waals surface area contributed by atoms with E-state index in [0.29, 0.717) is 18.5 Å². The van der Waals surface area contributed by atoms with E-state index in [1.165, 1.54) is 37.9 Å². The molecular weight excluding hydrogens is 336 g/mol. The maximum atomic E-state index is 13.0. The second kappa shape index (κ2) is 7.83. The van der Waals surface area contributed by atoms with E-state index in [9.17, 15) is 4.79 Å². The van der Waals surface area contributed by atoms with E-state index >= 15 is 0 Å². The minimum Gasteiger partial charge on any atom is -0.444 e. The molecule has 2 atom stereocenters. The third-order valence-corrected chi connectivity index (χ3v) is 5.98. The second-order valence-corrected chi connectivity index (χ2v) is 9.79. The Kier molecular flexibility index (Phi) is 5.85. The summed E-state index contributed by atoms with van der Waals surface area (Å²) in [5.41, 5.74) is 0.645. The number of benzene rings is 1. The van der Waals surface area contributed by atoms with Gasteiger partial charge < -0.3 is 9.64 Å². The molecule has 0 saturated carbocycles. The van der Waals surface area contributed by atoms with Crippen molar-refractivity contribution in [1.82, 2.24) is 9.80 Å². The van der Waals surface area contributed by atoms with Crippen molar-refractivity contribution in [2.45, 2.75) is 83.4 Å². The number of ether oxygens (including phenoxy) is 1. The largest absolute Gasteiger partial charge is 0.444 e. The highest BCUT2D eigenvalue weighted by molar-refractivity contribution is 5.69. The van der Waals surface area contributed by atoms with Gasteiger partial charge in [-0.15, -0.1) is 0 Å². The molecule has 2 unspecified atom stereocenters. The molecule has 4 heteroatoms. The number of hydrogen-bond acceptors (Lipinski definition) is 3. The van der Waals surface area contributed by atoms with E-state index in [0.717, 1.165) is 6.42 Å². The van der Waals surface area contributed by atoms with Crippen molar-refractivity contribution in [3.8, 4) is 0 Å². The average Bonchev–Trinajstić information content (AvgIpc) is 2.60. The molecule has 1 aromatic rings. The fraction of sp³-hybridized carbons (Fsp3) is 0.696. The monoisotopic (exact) mass is 372 g/mol. The lowest BCUT2D eigenvalue weighted by atomic mass is 9.76. The summed E-state index contributed by atoms with van der Waals surface area (Å²) in [6.45, 7) is 13.3. The van der Waals surface area contributed by atoms with Crippen LogP contribution in [0.3, 0.4) is 0 Å². The summed E-state index contributed by atoms with van der Waals surface area (Å²) in [4.78, 5) is 17.6. The van der Waals surface area contributed by atoms with E-state index in [4.69, 9.17) is 4.74 Å². The molecule has 0 aromatic heterocycles. The molecule has 2 aliphatic heterocycles. The van der Waals surface area contributed by atoms with Crippen LogP contribution in [0.5, 0.6) is 0 Å².